The predicted octanol–water partition coefficient (Wildman–Crippen LogP) is 1.87. The third kappa shape index (κ3) is 3.39. The van der Waals surface area contributed by atoms with E-state index in [-0.39, 0.29) is 0 Å². The highest BCUT2D eigenvalue weighted by Gasteiger charge is 2.24. The summed E-state index contributed by atoms with van der Waals surface area (Å²) in [5.74, 6) is 2.69. The van der Waals surface area contributed by atoms with E-state index in [0.29, 0.717) is 6.04 Å². The van der Waals surface area contributed by atoms with E-state index in [4.69, 9.17) is 4.42 Å². The fourth-order valence-electron chi connectivity index (χ4n) is 2.81. The number of piperidine rings is 1. The summed E-state index contributed by atoms with van der Waals surface area (Å²) in [5, 5.41) is 0. The van der Waals surface area contributed by atoms with E-state index in [9.17, 15) is 0 Å². The second-order valence-electron chi connectivity index (χ2n) is 5.55. The van der Waals surface area contributed by atoms with Crippen molar-refractivity contribution >= 4 is 5.82 Å². The number of nitrogens with zero attached hydrogens (tertiary/aromatic N) is 5. The monoisotopic (exact) mass is 287 g/mol. The van der Waals surface area contributed by atoms with Crippen molar-refractivity contribution in [3.63, 3.8) is 0 Å². The lowest BCUT2D eigenvalue weighted by atomic mass is 10.0. The number of rotatable bonds is 4. The van der Waals surface area contributed by atoms with E-state index >= 15 is 0 Å². The molecule has 1 aliphatic rings. The molecular formula is C15H21N5O. The number of likely N-dealkylation sites (tertiary alicyclic amines) is 1. The van der Waals surface area contributed by atoms with Crippen molar-refractivity contribution in [2.45, 2.75) is 32.4 Å². The molecule has 1 fully saturated rings. The maximum Gasteiger partial charge on any atom is 0.208 e. The molecule has 0 spiro atoms. The minimum Gasteiger partial charge on any atom is -0.445 e. The topological polar surface area (TPSA) is 58.3 Å². The van der Waals surface area contributed by atoms with Crippen molar-refractivity contribution in [3.8, 4) is 0 Å². The van der Waals surface area contributed by atoms with Gasteiger partial charge < -0.3 is 9.32 Å². The molecule has 3 heterocycles. The lowest BCUT2D eigenvalue weighted by molar-refractivity contribution is 0.186. The fraction of sp³-hybridized carbons (Fsp3) is 0.533. The average molecular weight is 287 g/mol. The SMILES string of the molecule is Cc1cnc(CN2CCC(N(C)c3ccncn3)CC2)o1. The van der Waals surface area contributed by atoms with Crippen molar-refractivity contribution in [1.82, 2.24) is 19.9 Å². The van der Waals surface area contributed by atoms with E-state index < -0.39 is 0 Å². The first kappa shape index (κ1) is 14.0. The highest BCUT2D eigenvalue weighted by molar-refractivity contribution is 5.36. The van der Waals surface area contributed by atoms with Crippen molar-refractivity contribution in [2.24, 2.45) is 0 Å². The number of aryl methyl sites for hydroxylation is 1. The molecule has 0 bridgehead atoms. The van der Waals surface area contributed by atoms with Crippen LogP contribution in [-0.4, -0.2) is 46.0 Å². The van der Waals surface area contributed by atoms with Gasteiger partial charge in [-0.25, -0.2) is 15.0 Å². The number of hydrogen-bond donors (Lipinski definition) is 0. The summed E-state index contributed by atoms with van der Waals surface area (Å²) in [6.07, 6.45) is 7.43. The number of hydrogen-bond acceptors (Lipinski definition) is 6. The molecule has 0 radical (unpaired) electrons. The first-order valence-electron chi connectivity index (χ1n) is 7.35. The van der Waals surface area contributed by atoms with Gasteiger partial charge in [0, 0.05) is 32.4 Å². The highest BCUT2D eigenvalue weighted by atomic mass is 16.4. The zero-order valence-corrected chi connectivity index (χ0v) is 12.6. The fourth-order valence-corrected chi connectivity index (χ4v) is 2.81. The molecule has 1 saturated heterocycles. The van der Waals surface area contributed by atoms with Crippen LogP contribution < -0.4 is 4.90 Å². The first-order valence-corrected chi connectivity index (χ1v) is 7.35. The van der Waals surface area contributed by atoms with Crippen LogP contribution in [0.25, 0.3) is 0 Å². The molecule has 1 aliphatic heterocycles. The van der Waals surface area contributed by atoms with E-state index in [1.54, 1.807) is 18.7 Å². The van der Waals surface area contributed by atoms with Crippen LogP contribution in [0.5, 0.6) is 0 Å². The van der Waals surface area contributed by atoms with Crippen LogP contribution in [0.2, 0.25) is 0 Å². The maximum absolute atomic E-state index is 5.55. The summed E-state index contributed by atoms with van der Waals surface area (Å²) in [5.41, 5.74) is 0. The van der Waals surface area contributed by atoms with Crippen LogP contribution in [0.1, 0.15) is 24.5 Å². The largest absolute Gasteiger partial charge is 0.445 e. The number of oxazole rings is 1. The Labute approximate surface area is 124 Å². The Morgan fingerprint density at radius 2 is 2.14 bits per heavy atom. The molecule has 2 aromatic heterocycles. The zero-order chi connectivity index (χ0) is 14.7. The Hall–Kier alpha value is -1.95. The normalized spacial score (nSPS) is 17.0. The van der Waals surface area contributed by atoms with Crippen LogP contribution in [0.15, 0.2) is 29.2 Å². The Kier molecular flexibility index (Phi) is 4.15. The Bertz CT molecular complexity index is 562. The minimum absolute atomic E-state index is 0.530. The molecule has 0 N–H and O–H groups in total. The van der Waals surface area contributed by atoms with Gasteiger partial charge in [-0.2, -0.15) is 0 Å². The van der Waals surface area contributed by atoms with Gasteiger partial charge in [-0.1, -0.05) is 0 Å². The summed E-state index contributed by atoms with van der Waals surface area (Å²) in [6, 6.07) is 2.49. The average Bonchev–Trinajstić information content (AvgIpc) is 2.93. The van der Waals surface area contributed by atoms with Crippen molar-refractivity contribution in [1.29, 1.82) is 0 Å². The lowest BCUT2D eigenvalue weighted by Gasteiger charge is -2.36. The van der Waals surface area contributed by atoms with Crippen LogP contribution in [0, 0.1) is 6.92 Å². The maximum atomic E-state index is 5.55. The van der Waals surface area contributed by atoms with Crippen molar-refractivity contribution in [2.75, 3.05) is 25.0 Å². The molecule has 0 saturated carbocycles. The molecule has 21 heavy (non-hydrogen) atoms. The van der Waals surface area contributed by atoms with E-state index in [1.165, 1.54) is 0 Å². The second kappa shape index (κ2) is 6.22. The molecular weight excluding hydrogens is 266 g/mol. The zero-order valence-electron chi connectivity index (χ0n) is 12.6. The summed E-state index contributed by atoms with van der Waals surface area (Å²) >= 11 is 0. The van der Waals surface area contributed by atoms with Gasteiger partial charge in [-0.15, -0.1) is 0 Å². The highest BCUT2D eigenvalue weighted by Crippen LogP contribution is 2.21. The molecule has 112 valence electrons. The summed E-state index contributed by atoms with van der Waals surface area (Å²) < 4.78 is 5.55. The first-order chi connectivity index (χ1) is 10.2. The molecule has 0 amide bonds. The Balaban J connectivity index is 1.53. The van der Waals surface area contributed by atoms with Gasteiger partial charge >= 0.3 is 0 Å². The predicted molar refractivity (Wildman–Crippen MR) is 80.0 cm³/mol. The van der Waals surface area contributed by atoms with Gasteiger partial charge in [0.25, 0.3) is 0 Å². The van der Waals surface area contributed by atoms with Gasteiger partial charge in [0.1, 0.15) is 17.9 Å². The van der Waals surface area contributed by atoms with E-state index in [2.05, 4.69) is 31.8 Å². The summed E-state index contributed by atoms with van der Waals surface area (Å²) in [6.45, 7) is 4.85. The van der Waals surface area contributed by atoms with E-state index in [0.717, 1.165) is 49.9 Å². The minimum atomic E-state index is 0.530. The van der Waals surface area contributed by atoms with Gasteiger partial charge in [0.05, 0.1) is 12.7 Å². The summed E-state index contributed by atoms with van der Waals surface area (Å²) in [7, 11) is 2.11. The van der Waals surface area contributed by atoms with Crippen LogP contribution >= 0.6 is 0 Å². The van der Waals surface area contributed by atoms with Gasteiger partial charge in [-0.3, -0.25) is 4.90 Å². The number of anilines is 1. The molecule has 0 aliphatic carbocycles. The third-order valence-corrected chi connectivity index (χ3v) is 4.06. The molecule has 0 atom stereocenters. The van der Waals surface area contributed by atoms with Crippen LogP contribution in [-0.2, 0) is 6.54 Å². The number of aromatic nitrogens is 3. The third-order valence-electron chi connectivity index (χ3n) is 4.06. The van der Waals surface area contributed by atoms with E-state index in [1.807, 2.05) is 13.0 Å². The van der Waals surface area contributed by atoms with Crippen molar-refractivity contribution in [3.05, 3.63) is 36.4 Å². The van der Waals surface area contributed by atoms with Gasteiger partial charge in [-0.05, 0) is 25.8 Å². The van der Waals surface area contributed by atoms with Crippen LogP contribution in [0.4, 0.5) is 5.82 Å². The molecule has 3 rings (SSSR count). The second-order valence-corrected chi connectivity index (χ2v) is 5.55. The Morgan fingerprint density at radius 3 is 2.76 bits per heavy atom. The van der Waals surface area contributed by atoms with Gasteiger partial charge in [0.15, 0.2) is 0 Å². The molecule has 6 nitrogen and oxygen atoms in total. The quantitative estimate of drug-likeness (QED) is 0.855. The standard InChI is InChI=1S/C15H21N5O/c1-12-9-17-15(21-12)10-20-7-4-13(5-8-20)19(2)14-3-6-16-11-18-14/h3,6,9,11,13H,4-5,7-8,10H2,1-2H3. The lowest BCUT2D eigenvalue weighted by Crippen LogP contribution is -2.43. The Morgan fingerprint density at radius 1 is 1.33 bits per heavy atom. The smallest absolute Gasteiger partial charge is 0.208 e. The summed E-state index contributed by atoms with van der Waals surface area (Å²) in [4.78, 5) is 17.2. The molecule has 2 aromatic rings. The van der Waals surface area contributed by atoms with Crippen LogP contribution in [0.3, 0.4) is 0 Å². The van der Waals surface area contributed by atoms with Gasteiger partial charge in [0.2, 0.25) is 5.89 Å². The van der Waals surface area contributed by atoms with Crippen molar-refractivity contribution < 1.29 is 4.42 Å². The molecule has 0 unspecified atom stereocenters. The molecule has 6 heteroatoms. The molecule has 0 aromatic carbocycles.